The number of rotatable bonds is 6. The molecule has 1 N–H and O–H groups in total. The highest BCUT2D eigenvalue weighted by Crippen LogP contribution is 2.15. The lowest BCUT2D eigenvalue weighted by atomic mass is 10.1. The van der Waals surface area contributed by atoms with Crippen LogP contribution in [0.4, 0.5) is 4.39 Å². The van der Waals surface area contributed by atoms with Crippen LogP contribution in [-0.4, -0.2) is 29.6 Å². The Balaban J connectivity index is 2.92. The smallest absolute Gasteiger partial charge is 0.328 e. The predicted molar refractivity (Wildman–Crippen MR) is 69.7 cm³/mol. The van der Waals surface area contributed by atoms with Crippen molar-refractivity contribution in [3.05, 3.63) is 41.2 Å². The van der Waals surface area contributed by atoms with Crippen LogP contribution in [0.5, 0.6) is 0 Å². The average molecular weight is 251 g/mol. The lowest BCUT2D eigenvalue weighted by Gasteiger charge is -2.17. The summed E-state index contributed by atoms with van der Waals surface area (Å²) in [5, 5.41) is 8.61. The third-order valence-electron chi connectivity index (χ3n) is 2.56. The minimum absolute atomic E-state index is 0.359. The summed E-state index contributed by atoms with van der Waals surface area (Å²) in [4.78, 5) is 12.6. The molecule has 0 aromatic heterocycles. The molecule has 4 heteroatoms. The topological polar surface area (TPSA) is 40.5 Å². The normalized spacial score (nSPS) is 11.3. The maximum absolute atomic E-state index is 13.2. The van der Waals surface area contributed by atoms with Crippen molar-refractivity contribution in [2.45, 2.75) is 19.9 Å². The maximum Gasteiger partial charge on any atom is 0.328 e. The molecule has 0 aliphatic heterocycles. The van der Waals surface area contributed by atoms with Gasteiger partial charge in [0.2, 0.25) is 0 Å². The van der Waals surface area contributed by atoms with E-state index in [0.717, 1.165) is 24.6 Å². The zero-order chi connectivity index (χ0) is 13.5. The summed E-state index contributed by atoms with van der Waals surface area (Å²) in [7, 11) is 1.98. The molecule has 0 aliphatic rings. The lowest BCUT2D eigenvalue weighted by Crippen LogP contribution is -2.19. The van der Waals surface area contributed by atoms with Gasteiger partial charge in [0.15, 0.2) is 0 Å². The number of carboxylic acid groups (broad SMARTS) is 1. The Morgan fingerprint density at radius 1 is 1.50 bits per heavy atom. The molecule has 1 rings (SSSR count). The second-order valence-corrected chi connectivity index (χ2v) is 4.25. The molecule has 0 atom stereocenters. The Morgan fingerprint density at radius 3 is 2.83 bits per heavy atom. The highest BCUT2D eigenvalue weighted by atomic mass is 19.1. The van der Waals surface area contributed by atoms with Crippen molar-refractivity contribution >= 4 is 12.0 Å². The van der Waals surface area contributed by atoms with E-state index < -0.39 is 5.97 Å². The van der Waals surface area contributed by atoms with Crippen molar-refractivity contribution in [1.29, 1.82) is 0 Å². The molecule has 0 heterocycles. The Kier molecular flexibility index (Phi) is 5.52. The fourth-order valence-electron chi connectivity index (χ4n) is 1.78. The van der Waals surface area contributed by atoms with Crippen LogP contribution >= 0.6 is 0 Å². The zero-order valence-electron chi connectivity index (χ0n) is 10.7. The van der Waals surface area contributed by atoms with Gasteiger partial charge in [-0.05, 0) is 49.3 Å². The van der Waals surface area contributed by atoms with Gasteiger partial charge >= 0.3 is 5.97 Å². The van der Waals surface area contributed by atoms with E-state index in [-0.39, 0.29) is 5.82 Å². The Hall–Kier alpha value is -1.68. The number of carboxylic acids is 1. The minimum atomic E-state index is -1.04. The molecule has 0 aliphatic carbocycles. The van der Waals surface area contributed by atoms with Gasteiger partial charge in [-0.15, -0.1) is 0 Å². The molecular weight excluding hydrogens is 233 g/mol. The van der Waals surface area contributed by atoms with Crippen LogP contribution in [0, 0.1) is 5.82 Å². The summed E-state index contributed by atoms with van der Waals surface area (Å²) in [5.41, 5.74) is 1.53. The minimum Gasteiger partial charge on any atom is -0.478 e. The SMILES string of the molecule is CCCN(C)Cc1ccc(F)cc1/C=C/C(=O)O. The largest absolute Gasteiger partial charge is 0.478 e. The highest BCUT2D eigenvalue weighted by Gasteiger charge is 2.05. The zero-order valence-corrected chi connectivity index (χ0v) is 10.7. The predicted octanol–water partition coefficient (Wildman–Crippen LogP) is 2.77. The van der Waals surface area contributed by atoms with Crippen LogP contribution in [-0.2, 0) is 11.3 Å². The highest BCUT2D eigenvalue weighted by molar-refractivity contribution is 5.85. The van der Waals surface area contributed by atoms with E-state index >= 15 is 0 Å². The Labute approximate surface area is 107 Å². The van der Waals surface area contributed by atoms with E-state index in [1.54, 1.807) is 6.07 Å². The first-order valence-electron chi connectivity index (χ1n) is 5.91. The Morgan fingerprint density at radius 2 is 2.22 bits per heavy atom. The van der Waals surface area contributed by atoms with E-state index in [2.05, 4.69) is 11.8 Å². The summed E-state index contributed by atoms with van der Waals surface area (Å²) in [5.74, 6) is -1.39. The second kappa shape index (κ2) is 6.91. The number of aliphatic carboxylic acids is 1. The molecular formula is C14H18FNO2. The molecule has 0 saturated heterocycles. The van der Waals surface area contributed by atoms with Crippen molar-refractivity contribution in [2.24, 2.45) is 0 Å². The van der Waals surface area contributed by atoms with Gasteiger partial charge < -0.3 is 10.0 Å². The van der Waals surface area contributed by atoms with Crippen LogP contribution in [0.3, 0.4) is 0 Å². The molecule has 0 spiro atoms. The fourth-order valence-corrected chi connectivity index (χ4v) is 1.78. The van der Waals surface area contributed by atoms with Gasteiger partial charge in [0.05, 0.1) is 0 Å². The summed E-state index contributed by atoms with van der Waals surface area (Å²) >= 11 is 0. The van der Waals surface area contributed by atoms with Gasteiger partial charge in [0, 0.05) is 12.6 Å². The molecule has 0 fully saturated rings. The molecule has 0 radical (unpaired) electrons. The molecule has 1 aromatic carbocycles. The van der Waals surface area contributed by atoms with Gasteiger partial charge in [-0.25, -0.2) is 9.18 Å². The van der Waals surface area contributed by atoms with Crippen molar-refractivity contribution in [3.8, 4) is 0 Å². The van der Waals surface area contributed by atoms with Gasteiger partial charge in [0.25, 0.3) is 0 Å². The van der Waals surface area contributed by atoms with E-state index in [4.69, 9.17) is 5.11 Å². The number of benzene rings is 1. The van der Waals surface area contributed by atoms with Crippen LogP contribution in [0.1, 0.15) is 24.5 Å². The van der Waals surface area contributed by atoms with Gasteiger partial charge in [-0.2, -0.15) is 0 Å². The molecule has 18 heavy (non-hydrogen) atoms. The fraction of sp³-hybridized carbons (Fsp3) is 0.357. The first-order chi connectivity index (χ1) is 8.52. The third kappa shape index (κ3) is 4.67. The molecule has 3 nitrogen and oxygen atoms in total. The van der Waals surface area contributed by atoms with Crippen LogP contribution < -0.4 is 0 Å². The Bertz CT molecular complexity index is 443. The van der Waals surface area contributed by atoms with Crippen molar-refractivity contribution < 1.29 is 14.3 Å². The molecule has 0 bridgehead atoms. The quantitative estimate of drug-likeness (QED) is 0.790. The number of carbonyl (C=O) groups is 1. The molecule has 98 valence electrons. The molecule has 0 amide bonds. The van der Waals surface area contributed by atoms with Gasteiger partial charge in [-0.1, -0.05) is 13.0 Å². The van der Waals surface area contributed by atoms with Gasteiger partial charge in [0.1, 0.15) is 5.82 Å². The molecule has 1 aromatic rings. The van der Waals surface area contributed by atoms with E-state index in [1.165, 1.54) is 18.2 Å². The third-order valence-corrected chi connectivity index (χ3v) is 2.56. The van der Waals surface area contributed by atoms with Crippen LogP contribution in [0.25, 0.3) is 6.08 Å². The van der Waals surface area contributed by atoms with Crippen LogP contribution in [0.2, 0.25) is 0 Å². The number of hydrogen-bond acceptors (Lipinski definition) is 2. The average Bonchev–Trinajstić information content (AvgIpc) is 2.29. The van der Waals surface area contributed by atoms with E-state index in [9.17, 15) is 9.18 Å². The number of halogens is 1. The first-order valence-corrected chi connectivity index (χ1v) is 5.91. The second-order valence-electron chi connectivity index (χ2n) is 4.25. The molecule has 0 saturated carbocycles. The number of nitrogens with zero attached hydrogens (tertiary/aromatic N) is 1. The summed E-state index contributed by atoms with van der Waals surface area (Å²) < 4.78 is 13.2. The summed E-state index contributed by atoms with van der Waals surface area (Å²) in [6.45, 7) is 3.71. The summed E-state index contributed by atoms with van der Waals surface area (Å²) in [6, 6.07) is 4.45. The summed E-state index contributed by atoms with van der Waals surface area (Å²) in [6.07, 6.45) is 3.50. The van der Waals surface area contributed by atoms with Crippen molar-refractivity contribution in [1.82, 2.24) is 4.90 Å². The standard InChI is InChI=1S/C14H18FNO2/c1-3-8-16(2)10-12-4-6-13(15)9-11(12)5-7-14(17)18/h4-7,9H,3,8,10H2,1-2H3,(H,17,18)/b7-5+. The van der Waals surface area contributed by atoms with Crippen molar-refractivity contribution in [2.75, 3.05) is 13.6 Å². The van der Waals surface area contributed by atoms with Crippen LogP contribution in [0.15, 0.2) is 24.3 Å². The monoisotopic (exact) mass is 251 g/mol. The maximum atomic E-state index is 13.2. The van der Waals surface area contributed by atoms with Crippen molar-refractivity contribution in [3.63, 3.8) is 0 Å². The van der Waals surface area contributed by atoms with E-state index in [0.29, 0.717) is 12.1 Å². The number of hydrogen-bond donors (Lipinski definition) is 1. The lowest BCUT2D eigenvalue weighted by molar-refractivity contribution is -0.131. The van der Waals surface area contributed by atoms with Gasteiger partial charge in [-0.3, -0.25) is 0 Å². The first kappa shape index (κ1) is 14.4. The molecule has 0 unspecified atom stereocenters. The van der Waals surface area contributed by atoms with E-state index in [1.807, 2.05) is 7.05 Å².